The number of aromatic amines is 1. The lowest BCUT2D eigenvalue weighted by Gasteiger charge is -2.11. The second-order valence-electron chi connectivity index (χ2n) is 4.09. The molecule has 21 heavy (non-hydrogen) atoms. The summed E-state index contributed by atoms with van der Waals surface area (Å²) in [5, 5.41) is 29.3. The summed E-state index contributed by atoms with van der Waals surface area (Å²) in [4.78, 5) is 21.5. The van der Waals surface area contributed by atoms with E-state index in [2.05, 4.69) is 15.5 Å². The lowest BCUT2D eigenvalue weighted by molar-refractivity contribution is -0.384. The largest absolute Gasteiger partial charge is 0.494 e. The van der Waals surface area contributed by atoms with E-state index in [0.717, 1.165) is 11.6 Å². The lowest BCUT2D eigenvalue weighted by atomic mass is 10.1. The van der Waals surface area contributed by atoms with Gasteiger partial charge in [0.15, 0.2) is 5.69 Å². The van der Waals surface area contributed by atoms with Gasteiger partial charge in [-0.2, -0.15) is 5.10 Å². The molecule has 0 saturated carbocycles. The van der Waals surface area contributed by atoms with Crippen molar-refractivity contribution in [2.45, 2.75) is 6.54 Å². The minimum absolute atomic E-state index is 0.0881. The summed E-state index contributed by atoms with van der Waals surface area (Å²) in [5.74, 6) is -1.18. The van der Waals surface area contributed by atoms with Crippen LogP contribution >= 0.6 is 0 Å². The summed E-state index contributed by atoms with van der Waals surface area (Å²) in [6.07, 6.45) is 3.20. The highest BCUT2D eigenvalue weighted by molar-refractivity contribution is 5.91. The van der Waals surface area contributed by atoms with Gasteiger partial charge < -0.3 is 15.2 Å². The van der Waals surface area contributed by atoms with Crippen LogP contribution in [0.25, 0.3) is 0 Å². The molecule has 0 amide bonds. The summed E-state index contributed by atoms with van der Waals surface area (Å²) in [7, 11) is 1.31. The Balaban J connectivity index is 2.41. The topological polar surface area (TPSA) is 130 Å². The molecule has 0 aliphatic carbocycles. The minimum Gasteiger partial charge on any atom is -0.494 e. The molecule has 0 aliphatic rings. The second kappa shape index (κ2) is 5.90. The Hall–Kier alpha value is -3.10. The van der Waals surface area contributed by atoms with Gasteiger partial charge >= 0.3 is 5.97 Å². The summed E-state index contributed by atoms with van der Waals surface area (Å²) >= 11 is 0. The van der Waals surface area contributed by atoms with Crippen LogP contribution in [0.4, 0.5) is 11.4 Å². The quantitative estimate of drug-likeness (QED) is 0.544. The zero-order valence-electron chi connectivity index (χ0n) is 11.0. The van der Waals surface area contributed by atoms with Gasteiger partial charge in [-0.3, -0.25) is 15.2 Å². The molecule has 2 rings (SSSR count). The molecule has 2 aromatic rings. The molecule has 0 atom stereocenters. The van der Waals surface area contributed by atoms with Gasteiger partial charge in [0.05, 0.1) is 23.8 Å². The van der Waals surface area contributed by atoms with Gasteiger partial charge in [0.1, 0.15) is 5.75 Å². The number of nitrogens with zero attached hydrogens (tertiary/aromatic N) is 2. The Kier molecular flexibility index (Phi) is 4.02. The third-order valence-electron chi connectivity index (χ3n) is 2.77. The first-order valence-electron chi connectivity index (χ1n) is 5.84. The molecule has 1 aromatic carbocycles. The molecule has 0 radical (unpaired) electrons. The fraction of sp³-hybridized carbons (Fsp3) is 0.167. The van der Waals surface area contributed by atoms with Crippen LogP contribution in [-0.4, -0.2) is 33.3 Å². The third-order valence-corrected chi connectivity index (χ3v) is 2.77. The number of H-pyrrole nitrogens is 1. The van der Waals surface area contributed by atoms with E-state index in [9.17, 15) is 14.9 Å². The zero-order chi connectivity index (χ0) is 15.4. The van der Waals surface area contributed by atoms with E-state index in [1.807, 2.05) is 0 Å². The van der Waals surface area contributed by atoms with E-state index in [1.54, 1.807) is 12.4 Å². The molecule has 0 saturated heterocycles. The number of nitro groups is 1. The van der Waals surface area contributed by atoms with E-state index in [0.29, 0.717) is 0 Å². The maximum absolute atomic E-state index is 11.1. The van der Waals surface area contributed by atoms with Crippen LogP contribution in [0, 0.1) is 10.1 Å². The van der Waals surface area contributed by atoms with Crippen LogP contribution < -0.4 is 10.1 Å². The molecular formula is C12H12N4O5. The van der Waals surface area contributed by atoms with E-state index >= 15 is 0 Å². The normalized spacial score (nSPS) is 10.1. The van der Waals surface area contributed by atoms with Gasteiger partial charge in [-0.1, -0.05) is 0 Å². The van der Waals surface area contributed by atoms with Crippen LogP contribution in [0.2, 0.25) is 0 Å². The Bertz CT molecular complexity index is 669. The number of hydrogen-bond donors (Lipinski definition) is 3. The van der Waals surface area contributed by atoms with Crippen molar-refractivity contribution in [1.82, 2.24) is 10.2 Å². The average Bonchev–Trinajstić information content (AvgIpc) is 2.97. The number of aromatic nitrogens is 2. The number of anilines is 1. The number of methoxy groups -OCH3 is 1. The Morgan fingerprint density at radius 3 is 2.86 bits per heavy atom. The van der Waals surface area contributed by atoms with Gasteiger partial charge in [0, 0.05) is 24.4 Å². The third kappa shape index (κ3) is 3.08. The number of hydrogen-bond acceptors (Lipinski definition) is 6. The maximum Gasteiger partial charge on any atom is 0.336 e. The Morgan fingerprint density at radius 1 is 1.57 bits per heavy atom. The molecule has 1 heterocycles. The molecular weight excluding hydrogens is 280 g/mol. The van der Waals surface area contributed by atoms with E-state index in [4.69, 9.17) is 9.84 Å². The molecule has 1 aromatic heterocycles. The highest BCUT2D eigenvalue weighted by Gasteiger charge is 2.22. The van der Waals surface area contributed by atoms with Crippen molar-refractivity contribution in [3.05, 3.63) is 45.8 Å². The number of rotatable bonds is 6. The van der Waals surface area contributed by atoms with Crippen molar-refractivity contribution in [1.29, 1.82) is 0 Å². The number of carbonyl (C=O) groups is 1. The number of carboxylic acid groups (broad SMARTS) is 1. The summed E-state index contributed by atoms with van der Waals surface area (Å²) in [6.45, 7) is 0.278. The first-order valence-corrected chi connectivity index (χ1v) is 5.84. The Labute approximate surface area is 118 Å². The predicted octanol–water partition coefficient (Wildman–Crippen LogP) is 1.64. The predicted molar refractivity (Wildman–Crippen MR) is 72.5 cm³/mol. The number of aromatic carboxylic acids is 1. The summed E-state index contributed by atoms with van der Waals surface area (Å²) in [5.41, 5.74) is 0.324. The lowest BCUT2D eigenvalue weighted by Crippen LogP contribution is -2.07. The monoisotopic (exact) mass is 292 g/mol. The van der Waals surface area contributed by atoms with Crippen LogP contribution in [0.15, 0.2) is 24.5 Å². The van der Waals surface area contributed by atoms with E-state index in [-0.39, 0.29) is 29.2 Å². The van der Waals surface area contributed by atoms with Gasteiger partial charge in [-0.15, -0.1) is 0 Å². The van der Waals surface area contributed by atoms with Crippen molar-refractivity contribution in [3.63, 3.8) is 0 Å². The van der Waals surface area contributed by atoms with E-state index in [1.165, 1.54) is 13.2 Å². The molecule has 0 spiro atoms. The molecule has 3 N–H and O–H groups in total. The van der Waals surface area contributed by atoms with Crippen LogP contribution in [-0.2, 0) is 6.54 Å². The maximum atomic E-state index is 11.1. The van der Waals surface area contributed by atoms with E-state index < -0.39 is 10.9 Å². The van der Waals surface area contributed by atoms with Crippen LogP contribution in [0.1, 0.15) is 15.9 Å². The first-order chi connectivity index (χ1) is 10.0. The highest BCUT2D eigenvalue weighted by atomic mass is 16.6. The molecule has 0 unspecified atom stereocenters. The number of ether oxygens (including phenoxy) is 1. The number of benzene rings is 1. The fourth-order valence-electron chi connectivity index (χ4n) is 1.77. The van der Waals surface area contributed by atoms with Gasteiger partial charge in [-0.25, -0.2) is 4.79 Å². The SMILES string of the molecule is COc1cc(C(=O)O)cc([N+](=O)[O-])c1NCc1cn[nH]c1. The molecule has 0 aliphatic heterocycles. The summed E-state index contributed by atoms with van der Waals surface area (Å²) in [6, 6.07) is 2.22. The smallest absolute Gasteiger partial charge is 0.336 e. The van der Waals surface area contributed by atoms with Crippen LogP contribution in [0.5, 0.6) is 5.75 Å². The summed E-state index contributed by atoms with van der Waals surface area (Å²) < 4.78 is 5.04. The number of nitro benzene ring substituents is 1. The molecule has 9 heteroatoms. The molecule has 0 bridgehead atoms. The van der Waals surface area contributed by atoms with Crippen molar-refractivity contribution in [3.8, 4) is 5.75 Å². The highest BCUT2D eigenvalue weighted by Crippen LogP contribution is 2.36. The average molecular weight is 292 g/mol. The van der Waals surface area contributed by atoms with Gasteiger partial charge in [-0.05, 0) is 6.07 Å². The Morgan fingerprint density at radius 2 is 2.33 bits per heavy atom. The van der Waals surface area contributed by atoms with Crippen molar-refractivity contribution in [2.24, 2.45) is 0 Å². The first kappa shape index (κ1) is 14.3. The fourth-order valence-corrected chi connectivity index (χ4v) is 1.77. The number of carboxylic acids is 1. The van der Waals surface area contributed by atoms with Crippen molar-refractivity contribution >= 4 is 17.3 Å². The second-order valence-corrected chi connectivity index (χ2v) is 4.09. The van der Waals surface area contributed by atoms with Crippen molar-refractivity contribution in [2.75, 3.05) is 12.4 Å². The number of nitrogens with one attached hydrogen (secondary N) is 2. The minimum atomic E-state index is -1.27. The molecule has 0 fully saturated rings. The molecule has 110 valence electrons. The standard InChI is InChI=1S/C12H12N4O5/c1-21-10-3-8(12(17)18)2-9(16(19)20)11(10)13-4-7-5-14-15-6-7/h2-3,5-6,13H,4H2,1H3,(H,14,15)(H,17,18). The van der Waals surface area contributed by atoms with Gasteiger partial charge in [0.2, 0.25) is 0 Å². The zero-order valence-corrected chi connectivity index (χ0v) is 11.0. The van der Waals surface area contributed by atoms with Crippen LogP contribution in [0.3, 0.4) is 0 Å². The van der Waals surface area contributed by atoms with Crippen molar-refractivity contribution < 1.29 is 19.6 Å². The molecule has 9 nitrogen and oxygen atoms in total. The van der Waals surface area contributed by atoms with Gasteiger partial charge in [0.25, 0.3) is 5.69 Å².